The van der Waals surface area contributed by atoms with Crippen LogP contribution < -0.4 is 5.32 Å². The molecule has 0 radical (unpaired) electrons. The van der Waals surface area contributed by atoms with Gasteiger partial charge in [0.1, 0.15) is 0 Å². The van der Waals surface area contributed by atoms with E-state index >= 15 is 0 Å². The van der Waals surface area contributed by atoms with Crippen molar-refractivity contribution in [3.63, 3.8) is 0 Å². The van der Waals surface area contributed by atoms with Gasteiger partial charge in [-0.05, 0) is 61.5 Å². The monoisotopic (exact) mass is 257 g/mol. The maximum Gasteiger partial charge on any atom is 0.0372 e. The maximum atomic E-state index is 3.90. The van der Waals surface area contributed by atoms with Crippen molar-refractivity contribution in [3.05, 3.63) is 29.3 Å². The van der Waals surface area contributed by atoms with Gasteiger partial charge in [0.2, 0.25) is 0 Å². The van der Waals surface area contributed by atoms with Gasteiger partial charge in [-0.2, -0.15) is 0 Å². The summed E-state index contributed by atoms with van der Waals surface area (Å²) in [5.41, 5.74) is 4.97. The Labute approximate surface area is 117 Å². The Kier molecular flexibility index (Phi) is 2.75. The molecule has 19 heavy (non-hydrogen) atoms. The third kappa shape index (κ3) is 1.89. The number of benzene rings is 1. The summed E-state index contributed by atoms with van der Waals surface area (Å²) in [6, 6.07) is 7.37. The van der Waals surface area contributed by atoms with E-state index in [4.69, 9.17) is 0 Å². The smallest absolute Gasteiger partial charge is 0.0372 e. The first-order valence-corrected chi connectivity index (χ1v) is 7.67. The fourth-order valence-corrected chi connectivity index (χ4v) is 4.79. The van der Waals surface area contributed by atoms with Crippen molar-refractivity contribution in [1.82, 2.24) is 0 Å². The van der Waals surface area contributed by atoms with Crippen LogP contribution in [0.25, 0.3) is 0 Å². The van der Waals surface area contributed by atoms with Crippen LogP contribution in [0.1, 0.15) is 51.2 Å². The second kappa shape index (κ2) is 4.01. The minimum atomic E-state index is 0.421. The second-order valence-electron chi connectivity index (χ2n) is 7.81. The Hall–Kier alpha value is -0.980. The Morgan fingerprint density at radius 3 is 2.47 bits per heavy atom. The van der Waals surface area contributed by atoms with E-state index in [1.807, 2.05) is 0 Å². The van der Waals surface area contributed by atoms with E-state index in [-0.39, 0.29) is 0 Å². The van der Waals surface area contributed by atoms with E-state index in [1.165, 1.54) is 36.1 Å². The van der Waals surface area contributed by atoms with Gasteiger partial charge in [-0.3, -0.25) is 0 Å². The molecule has 104 valence electrons. The van der Waals surface area contributed by atoms with Gasteiger partial charge >= 0.3 is 0 Å². The fourth-order valence-electron chi connectivity index (χ4n) is 4.79. The number of rotatable bonds is 2. The number of hydrogen-bond donors (Lipinski definition) is 1. The lowest BCUT2D eigenvalue weighted by Crippen LogP contribution is -2.45. The molecule has 1 unspecified atom stereocenters. The van der Waals surface area contributed by atoms with Gasteiger partial charge in [0, 0.05) is 11.7 Å². The molecule has 1 N–H and O–H groups in total. The van der Waals surface area contributed by atoms with Crippen LogP contribution in [0.15, 0.2) is 18.2 Å². The van der Waals surface area contributed by atoms with Crippen LogP contribution in [0.5, 0.6) is 0 Å². The molecule has 0 aromatic heterocycles. The zero-order chi connectivity index (χ0) is 13.8. The highest BCUT2D eigenvalue weighted by molar-refractivity contribution is 5.53. The lowest BCUT2D eigenvalue weighted by atomic mass is 9.68. The van der Waals surface area contributed by atoms with Crippen LogP contribution >= 0.6 is 0 Å². The molecule has 1 heteroatoms. The number of fused-ring (bicyclic) bond motifs is 2. The number of hydrogen-bond acceptors (Lipinski definition) is 1. The van der Waals surface area contributed by atoms with Gasteiger partial charge < -0.3 is 5.32 Å². The molecule has 0 amide bonds. The van der Waals surface area contributed by atoms with E-state index in [0.717, 1.165) is 5.92 Å². The third-order valence-electron chi connectivity index (χ3n) is 5.95. The van der Waals surface area contributed by atoms with Gasteiger partial charge in [0.15, 0.2) is 0 Å². The van der Waals surface area contributed by atoms with Gasteiger partial charge in [0.05, 0.1) is 0 Å². The standard InChI is InChI=1S/C18H27N/c1-12-6-7-15(13(2)10-12)19-16-17(3,4)14-8-9-18(16,5)11-14/h6-7,10,14,16,19H,8-9,11H2,1-5H3/t14-,16?,18+/m0/s1. The first-order chi connectivity index (χ1) is 8.83. The van der Waals surface area contributed by atoms with Crippen molar-refractivity contribution in [2.75, 3.05) is 5.32 Å². The van der Waals surface area contributed by atoms with Crippen molar-refractivity contribution in [2.45, 2.75) is 59.9 Å². The maximum absolute atomic E-state index is 3.90. The van der Waals surface area contributed by atoms with Crippen LogP contribution in [-0.2, 0) is 0 Å². The largest absolute Gasteiger partial charge is 0.381 e. The summed E-state index contributed by atoms with van der Waals surface area (Å²) < 4.78 is 0. The zero-order valence-corrected chi connectivity index (χ0v) is 13.0. The highest BCUT2D eigenvalue weighted by Gasteiger charge is 2.59. The Morgan fingerprint density at radius 1 is 1.16 bits per heavy atom. The number of anilines is 1. The molecule has 1 aromatic rings. The first kappa shape index (κ1) is 13.0. The van der Waals surface area contributed by atoms with Crippen LogP contribution in [-0.4, -0.2) is 6.04 Å². The van der Waals surface area contributed by atoms with E-state index in [1.54, 1.807) is 0 Å². The molecule has 1 aromatic carbocycles. The highest BCUT2D eigenvalue weighted by Crippen LogP contribution is 2.63. The fraction of sp³-hybridized carbons (Fsp3) is 0.667. The van der Waals surface area contributed by atoms with Crippen molar-refractivity contribution >= 4 is 5.69 Å². The number of aryl methyl sites for hydroxylation is 2. The lowest BCUT2D eigenvalue weighted by Gasteiger charge is -2.44. The van der Waals surface area contributed by atoms with Crippen LogP contribution in [0.3, 0.4) is 0 Å². The van der Waals surface area contributed by atoms with E-state index in [2.05, 4.69) is 58.1 Å². The molecule has 0 aliphatic heterocycles. The molecular weight excluding hydrogens is 230 g/mol. The molecule has 0 spiro atoms. The second-order valence-corrected chi connectivity index (χ2v) is 7.81. The third-order valence-corrected chi connectivity index (χ3v) is 5.95. The van der Waals surface area contributed by atoms with Gasteiger partial charge in [-0.1, -0.05) is 38.5 Å². The predicted molar refractivity (Wildman–Crippen MR) is 82.6 cm³/mol. The van der Waals surface area contributed by atoms with Crippen molar-refractivity contribution < 1.29 is 0 Å². The molecule has 0 heterocycles. The Morgan fingerprint density at radius 2 is 1.89 bits per heavy atom. The Bertz CT molecular complexity index is 498. The van der Waals surface area contributed by atoms with Gasteiger partial charge in [-0.15, -0.1) is 0 Å². The normalized spacial score (nSPS) is 35.6. The molecule has 2 saturated carbocycles. The minimum absolute atomic E-state index is 0.421. The molecule has 2 aliphatic carbocycles. The lowest BCUT2D eigenvalue weighted by molar-refractivity contribution is 0.155. The summed E-state index contributed by atoms with van der Waals surface area (Å²) in [5, 5.41) is 3.90. The molecule has 1 nitrogen and oxygen atoms in total. The molecule has 2 bridgehead atoms. The average Bonchev–Trinajstić information content (AvgIpc) is 2.78. The van der Waals surface area contributed by atoms with Gasteiger partial charge in [-0.25, -0.2) is 0 Å². The summed E-state index contributed by atoms with van der Waals surface area (Å²) in [4.78, 5) is 0. The summed E-state index contributed by atoms with van der Waals surface area (Å²) in [6.45, 7) is 11.8. The molecule has 2 aliphatic rings. The zero-order valence-electron chi connectivity index (χ0n) is 13.0. The quantitative estimate of drug-likeness (QED) is 0.792. The number of nitrogens with one attached hydrogen (secondary N) is 1. The molecule has 2 fully saturated rings. The van der Waals surface area contributed by atoms with Crippen molar-refractivity contribution in [2.24, 2.45) is 16.7 Å². The summed E-state index contributed by atoms with van der Waals surface area (Å²) >= 11 is 0. The molecule has 0 saturated heterocycles. The molecule has 3 rings (SSSR count). The summed E-state index contributed by atoms with van der Waals surface area (Å²) in [7, 11) is 0. The van der Waals surface area contributed by atoms with Crippen LogP contribution in [0.4, 0.5) is 5.69 Å². The van der Waals surface area contributed by atoms with Crippen LogP contribution in [0.2, 0.25) is 0 Å². The predicted octanol–water partition coefficient (Wildman–Crippen LogP) is 4.93. The summed E-state index contributed by atoms with van der Waals surface area (Å²) in [5.74, 6) is 0.903. The van der Waals surface area contributed by atoms with Crippen molar-refractivity contribution in [3.8, 4) is 0 Å². The topological polar surface area (TPSA) is 12.0 Å². The van der Waals surface area contributed by atoms with Crippen LogP contribution in [0, 0.1) is 30.6 Å². The highest BCUT2D eigenvalue weighted by atomic mass is 15.0. The van der Waals surface area contributed by atoms with Crippen molar-refractivity contribution in [1.29, 1.82) is 0 Å². The van der Waals surface area contributed by atoms with E-state index in [0.29, 0.717) is 16.9 Å². The molecule has 3 atom stereocenters. The van der Waals surface area contributed by atoms with E-state index < -0.39 is 0 Å². The average molecular weight is 257 g/mol. The Balaban J connectivity index is 1.90. The minimum Gasteiger partial charge on any atom is -0.381 e. The SMILES string of the molecule is Cc1ccc(NC2C(C)(C)[C@H]3CC[C@]2(C)C3)c(C)c1. The van der Waals surface area contributed by atoms with Gasteiger partial charge in [0.25, 0.3) is 0 Å². The molecular formula is C18H27N. The summed E-state index contributed by atoms with van der Waals surface area (Å²) in [6.07, 6.45) is 4.22. The first-order valence-electron chi connectivity index (χ1n) is 7.67. The van der Waals surface area contributed by atoms with E-state index in [9.17, 15) is 0 Å².